The molecule has 1 amide bonds. The van der Waals surface area contributed by atoms with E-state index in [9.17, 15) is 9.59 Å². The lowest BCUT2D eigenvalue weighted by Crippen LogP contribution is -2.36. The van der Waals surface area contributed by atoms with Gasteiger partial charge in [-0.05, 0) is 24.5 Å². The molecular formula is C15H14BrNO2. The molecule has 1 atom stereocenters. The van der Waals surface area contributed by atoms with Gasteiger partial charge in [-0.15, -0.1) is 0 Å². The summed E-state index contributed by atoms with van der Waals surface area (Å²) in [5.41, 5.74) is 2.69. The van der Waals surface area contributed by atoms with Crippen LogP contribution in [0.1, 0.15) is 37.2 Å². The SMILES string of the molecule is O=C1C[C@H](c2ccccc2Br)C2=C(CCCC2=O)N1. The fourth-order valence-electron chi connectivity index (χ4n) is 2.93. The zero-order valence-corrected chi connectivity index (χ0v) is 12.0. The number of Topliss-reactive ketones (excluding diaryl/α,β-unsaturated/α-hetero) is 1. The Bertz CT molecular complexity index is 592. The van der Waals surface area contributed by atoms with Gasteiger partial charge in [0.2, 0.25) is 5.91 Å². The van der Waals surface area contributed by atoms with Crippen molar-refractivity contribution in [1.82, 2.24) is 5.32 Å². The second-order valence-corrected chi connectivity index (χ2v) is 5.85. The Morgan fingerprint density at radius 2 is 1.95 bits per heavy atom. The monoisotopic (exact) mass is 319 g/mol. The van der Waals surface area contributed by atoms with E-state index >= 15 is 0 Å². The quantitative estimate of drug-likeness (QED) is 0.864. The van der Waals surface area contributed by atoms with Gasteiger partial charge in [-0.2, -0.15) is 0 Å². The highest BCUT2D eigenvalue weighted by Crippen LogP contribution is 2.40. The molecule has 0 fully saturated rings. The summed E-state index contributed by atoms with van der Waals surface area (Å²) >= 11 is 3.52. The Hall–Kier alpha value is -1.42. The van der Waals surface area contributed by atoms with Crippen molar-refractivity contribution in [3.63, 3.8) is 0 Å². The van der Waals surface area contributed by atoms with E-state index in [4.69, 9.17) is 0 Å². The summed E-state index contributed by atoms with van der Waals surface area (Å²) in [6.45, 7) is 0. The molecule has 0 saturated carbocycles. The molecule has 4 heteroatoms. The topological polar surface area (TPSA) is 46.2 Å². The standard InChI is InChI=1S/C15H14BrNO2/c16-11-5-2-1-4-9(11)10-8-14(19)17-12-6-3-7-13(18)15(10)12/h1-2,4-5,10H,3,6-8H2,(H,17,19)/t10-/m1/s1. The van der Waals surface area contributed by atoms with E-state index in [0.29, 0.717) is 12.8 Å². The van der Waals surface area contributed by atoms with Crippen LogP contribution >= 0.6 is 15.9 Å². The van der Waals surface area contributed by atoms with Gasteiger partial charge in [-0.3, -0.25) is 9.59 Å². The number of ketones is 1. The van der Waals surface area contributed by atoms with Crippen LogP contribution in [0.25, 0.3) is 0 Å². The summed E-state index contributed by atoms with van der Waals surface area (Å²) < 4.78 is 0.958. The first kappa shape index (κ1) is 12.6. The number of halogens is 1. The first-order valence-electron chi connectivity index (χ1n) is 6.47. The number of rotatable bonds is 1. The third kappa shape index (κ3) is 2.25. The molecule has 0 saturated heterocycles. The molecule has 98 valence electrons. The summed E-state index contributed by atoms with van der Waals surface area (Å²) in [5.74, 6) is 0.0864. The van der Waals surface area contributed by atoms with E-state index in [2.05, 4.69) is 21.2 Å². The summed E-state index contributed by atoms with van der Waals surface area (Å²) in [5, 5.41) is 2.87. The van der Waals surface area contributed by atoms with Crippen LogP contribution in [-0.2, 0) is 9.59 Å². The van der Waals surface area contributed by atoms with Gasteiger partial charge in [0.15, 0.2) is 5.78 Å². The van der Waals surface area contributed by atoms with Crippen LogP contribution in [0.15, 0.2) is 40.0 Å². The zero-order valence-electron chi connectivity index (χ0n) is 10.4. The van der Waals surface area contributed by atoms with Gasteiger partial charge in [0.1, 0.15) is 0 Å². The van der Waals surface area contributed by atoms with Crippen molar-refractivity contribution in [3.05, 3.63) is 45.6 Å². The number of carbonyl (C=O) groups is 2. The Balaban J connectivity index is 2.11. The van der Waals surface area contributed by atoms with E-state index in [-0.39, 0.29) is 17.6 Å². The summed E-state index contributed by atoms with van der Waals surface area (Å²) in [6, 6.07) is 7.82. The van der Waals surface area contributed by atoms with Crippen molar-refractivity contribution in [2.24, 2.45) is 0 Å². The van der Waals surface area contributed by atoms with Gasteiger partial charge in [-0.25, -0.2) is 0 Å². The van der Waals surface area contributed by atoms with Gasteiger partial charge < -0.3 is 5.32 Å². The maximum absolute atomic E-state index is 12.2. The van der Waals surface area contributed by atoms with E-state index in [0.717, 1.165) is 34.1 Å². The molecule has 0 aromatic heterocycles. The van der Waals surface area contributed by atoms with Crippen molar-refractivity contribution < 1.29 is 9.59 Å². The largest absolute Gasteiger partial charge is 0.329 e. The molecule has 0 bridgehead atoms. The van der Waals surface area contributed by atoms with Crippen LogP contribution in [-0.4, -0.2) is 11.7 Å². The molecular weight excluding hydrogens is 306 g/mol. The van der Waals surface area contributed by atoms with E-state index in [1.165, 1.54) is 0 Å². The van der Waals surface area contributed by atoms with Crippen molar-refractivity contribution in [1.29, 1.82) is 0 Å². The molecule has 19 heavy (non-hydrogen) atoms. The maximum atomic E-state index is 12.2. The van der Waals surface area contributed by atoms with Gasteiger partial charge in [0.25, 0.3) is 0 Å². The molecule has 1 aromatic carbocycles. The van der Waals surface area contributed by atoms with Crippen molar-refractivity contribution in [2.75, 3.05) is 0 Å². The third-order valence-corrected chi connectivity index (χ3v) is 4.49. The Morgan fingerprint density at radius 1 is 1.16 bits per heavy atom. The van der Waals surface area contributed by atoms with Crippen LogP contribution in [0.3, 0.4) is 0 Å². The Morgan fingerprint density at radius 3 is 2.74 bits per heavy atom. The van der Waals surface area contributed by atoms with Crippen LogP contribution in [0, 0.1) is 0 Å². The average Bonchev–Trinajstić information content (AvgIpc) is 2.38. The predicted octanol–water partition coefficient (Wildman–Crippen LogP) is 3.06. The lowest BCUT2D eigenvalue weighted by atomic mass is 9.78. The fourth-order valence-corrected chi connectivity index (χ4v) is 3.49. The summed E-state index contributed by atoms with van der Waals surface area (Å²) in [7, 11) is 0. The number of nitrogens with one attached hydrogen (secondary N) is 1. The number of hydrogen-bond acceptors (Lipinski definition) is 2. The van der Waals surface area contributed by atoms with Crippen molar-refractivity contribution >= 4 is 27.6 Å². The molecule has 1 heterocycles. The molecule has 2 aliphatic rings. The Labute approximate surface area is 120 Å². The smallest absolute Gasteiger partial charge is 0.225 e. The second kappa shape index (κ2) is 4.93. The lowest BCUT2D eigenvalue weighted by Gasteiger charge is -2.31. The van der Waals surface area contributed by atoms with Crippen LogP contribution in [0.5, 0.6) is 0 Å². The van der Waals surface area contributed by atoms with Crippen LogP contribution in [0.2, 0.25) is 0 Å². The normalized spacial score (nSPS) is 23.1. The van der Waals surface area contributed by atoms with Crippen LogP contribution < -0.4 is 5.32 Å². The minimum Gasteiger partial charge on any atom is -0.329 e. The zero-order chi connectivity index (χ0) is 13.4. The Kier molecular flexibility index (Phi) is 3.27. The minimum atomic E-state index is -0.105. The van der Waals surface area contributed by atoms with E-state index in [1.807, 2.05) is 24.3 Å². The fraction of sp³-hybridized carbons (Fsp3) is 0.333. The third-order valence-electron chi connectivity index (χ3n) is 3.77. The van der Waals surface area contributed by atoms with Crippen molar-refractivity contribution in [2.45, 2.75) is 31.6 Å². The minimum absolute atomic E-state index is 0.00852. The molecule has 1 aromatic rings. The molecule has 1 aliphatic heterocycles. The summed E-state index contributed by atoms with van der Waals surface area (Å²) in [4.78, 5) is 24.1. The maximum Gasteiger partial charge on any atom is 0.225 e. The van der Waals surface area contributed by atoms with Gasteiger partial charge in [-0.1, -0.05) is 34.1 Å². The van der Waals surface area contributed by atoms with Crippen molar-refractivity contribution in [3.8, 4) is 0 Å². The number of carbonyl (C=O) groups excluding carboxylic acids is 2. The highest BCUT2D eigenvalue weighted by molar-refractivity contribution is 9.10. The van der Waals surface area contributed by atoms with Crippen LogP contribution in [0.4, 0.5) is 0 Å². The number of allylic oxidation sites excluding steroid dienone is 2. The molecule has 1 N–H and O–H groups in total. The highest BCUT2D eigenvalue weighted by atomic mass is 79.9. The molecule has 0 radical (unpaired) electrons. The first-order chi connectivity index (χ1) is 9.16. The first-order valence-corrected chi connectivity index (χ1v) is 7.26. The number of amides is 1. The summed E-state index contributed by atoms with van der Waals surface area (Å²) in [6.07, 6.45) is 2.58. The van der Waals surface area contributed by atoms with Gasteiger partial charge >= 0.3 is 0 Å². The molecule has 0 unspecified atom stereocenters. The molecule has 1 aliphatic carbocycles. The highest BCUT2D eigenvalue weighted by Gasteiger charge is 2.35. The predicted molar refractivity (Wildman–Crippen MR) is 75.5 cm³/mol. The lowest BCUT2D eigenvalue weighted by molar-refractivity contribution is -0.122. The van der Waals surface area contributed by atoms with Gasteiger partial charge in [0, 0.05) is 34.5 Å². The van der Waals surface area contributed by atoms with Gasteiger partial charge in [0.05, 0.1) is 0 Å². The number of benzene rings is 1. The second-order valence-electron chi connectivity index (χ2n) is 5.00. The van der Waals surface area contributed by atoms with E-state index < -0.39 is 0 Å². The number of hydrogen-bond donors (Lipinski definition) is 1. The molecule has 3 nitrogen and oxygen atoms in total. The van der Waals surface area contributed by atoms with E-state index in [1.54, 1.807) is 0 Å². The molecule has 3 rings (SSSR count). The molecule has 0 spiro atoms. The average molecular weight is 320 g/mol.